The smallest absolute Gasteiger partial charge is 0.311 e. The fraction of sp³-hybridized carbons (Fsp3) is 0.462. The van der Waals surface area contributed by atoms with Crippen LogP contribution >= 0.6 is 0 Å². The van der Waals surface area contributed by atoms with Gasteiger partial charge in [0.25, 0.3) is 0 Å². The Labute approximate surface area is 189 Å². The molecule has 0 aliphatic carbocycles. The van der Waals surface area contributed by atoms with E-state index in [-0.39, 0.29) is 29.8 Å². The molecule has 6 heteroatoms. The number of nitrogens with one attached hydrogen (secondary N) is 1. The lowest BCUT2D eigenvalue weighted by atomic mass is 9.76. The van der Waals surface area contributed by atoms with Crippen molar-refractivity contribution in [1.29, 1.82) is 0 Å². The van der Waals surface area contributed by atoms with Crippen molar-refractivity contribution >= 4 is 17.6 Å². The SMILES string of the molecule is COc1ccc(C2C[C@H]3CCC(C2C(=O)OCCc2ccc(NC(C)=O)cc2)N3C)cc1. The molecular formula is C26H32N2O4. The number of nitrogens with zero attached hydrogens (tertiary/aromatic N) is 1. The third-order valence-electron chi connectivity index (χ3n) is 6.99. The zero-order valence-electron chi connectivity index (χ0n) is 19.0. The molecule has 6 nitrogen and oxygen atoms in total. The first-order valence-electron chi connectivity index (χ1n) is 11.4. The van der Waals surface area contributed by atoms with Gasteiger partial charge in [0.1, 0.15) is 5.75 Å². The van der Waals surface area contributed by atoms with E-state index in [4.69, 9.17) is 9.47 Å². The molecule has 4 rings (SSSR count). The highest BCUT2D eigenvalue weighted by atomic mass is 16.5. The number of ether oxygens (including phenoxy) is 2. The average molecular weight is 437 g/mol. The molecule has 170 valence electrons. The highest BCUT2D eigenvalue weighted by Gasteiger charge is 2.49. The van der Waals surface area contributed by atoms with Crippen LogP contribution in [0.1, 0.15) is 43.2 Å². The van der Waals surface area contributed by atoms with Crippen molar-refractivity contribution < 1.29 is 19.1 Å². The first kappa shape index (κ1) is 22.3. The molecule has 0 spiro atoms. The van der Waals surface area contributed by atoms with Gasteiger partial charge in [-0.25, -0.2) is 0 Å². The maximum absolute atomic E-state index is 13.3. The van der Waals surface area contributed by atoms with Gasteiger partial charge in [-0.15, -0.1) is 0 Å². The molecule has 0 saturated carbocycles. The second kappa shape index (κ2) is 9.74. The van der Waals surface area contributed by atoms with E-state index in [1.54, 1.807) is 7.11 Å². The van der Waals surface area contributed by atoms with Crippen LogP contribution < -0.4 is 10.1 Å². The van der Waals surface area contributed by atoms with E-state index >= 15 is 0 Å². The second-order valence-electron chi connectivity index (χ2n) is 8.90. The lowest BCUT2D eigenvalue weighted by Crippen LogP contribution is -2.49. The van der Waals surface area contributed by atoms with Crippen molar-refractivity contribution in [2.75, 3.05) is 26.1 Å². The topological polar surface area (TPSA) is 67.9 Å². The fourth-order valence-corrected chi connectivity index (χ4v) is 5.31. The molecule has 1 N–H and O–H groups in total. The summed E-state index contributed by atoms with van der Waals surface area (Å²) >= 11 is 0. The molecule has 2 fully saturated rings. The molecule has 32 heavy (non-hydrogen) atoms. The summed E-state index contributed by atoms with van der Waals surface area (Å²) in [6, 6.07) is 16.5. The van der Waals surface area contributed by atoms with Crippen LogP contribution in [0, 0.1) is 5.92 Å². The van der Waals surface area contributed by atoms with E-state index in [2.05, 4.69) is 29.4 Å². The van der Waals surface area contributed by atoms with E-state index in [9.17, 15) is 9.59 Å². The molecule has 4 atom stereocenters. The maximum atomic E-state index is 13.3. The Bertz CT molecular complexity index is 941. The number of hydrogen-bond donors (Lipinski definition) is 1. The average Bonchev–Trinajstić information content (AvgIpc) is 3.02. The number of hydrogen-bond acceptors (Lipinski definition) is 5. The number of carbonyl (C=O) groups is 2. The molecule has 0 radical (unpaired) electrons. The molecule has 2 saturated heterocycles. The second-order valence-corrected chi connectivity index (χ2v) is 8.90. The van der Waals surface area contributed by atoms with Gasteiger partial charge in [0.05, 0.1) is 19.6 Å². The van der Waals surface area contributed by atoms with Gasteiger partial charge in [0, 0.05) is 37.0 Å². The summed E-state index contributed by atoms with van der Waals surface area (Å²) in [6.45, 7) is 1.84. The normalized spacial score (nSPS) is 24.7. The number of methoxy groups -OCH3 is 1. The predicted octanol–water partition coefficient (Wildman–Crippen LogP) is 4.01. The first-order chi connectivity index (χ1) is 15.5. The van der Waals surface area contributed by atoms with Gasteiger partial charge in [-0.1, -0.05) is 24.3 Å². The molecule has 0 aromatic heterocycles. The van der Waals surface area contributed by atoms with Crippen LogP contribution in [-0.2, 0) is 20.7 Å². The van der Waals surface area contributed by atoms with Gasteiger partial charge >= 0.3 is 5.97 Å². The summed E-state index contributed by atoms with van der Waals surface area (Å²) in [6.07, 6.45) is 3.80. The monoisotopic (exact) mass is 436 g/mol. The van der Waals surface area contributed by atoms with Crippen LogP contribution in [0.4, 0.5) is 5.69 Å². The van der Waals surface area contributed by atoms with Crippen LogP contribution in [0.15, 0.2) is 48.5 Å². The van der Waals surface area contributed by atoms with E-state index in [1.807, 2.05) is 36.4 Å². The lowest BCUT2D eigenvalue weighted by Gasteiger charge is -2.42. The Kier molecular flexibility index (Phi) is 6.80. The van der Waals surface area contributed by atoms with E-state index in [0.717, 1.165) is 36.3 Å². The minimum atomic E-state index is -0.158. The predicted molar refractivity (Wildman–Crippen MR) is 124 cm³/mol. The highest BCUT2D eigenvalue weighted by Crippen LogP contribution is 2.46. The summed E-state index contributed by atoms with van der Waals surface area (Å²) in [4.78, 5) is 26.8. The molecule has 3 unspecified atom stereocenters. The number of rotatable bonds is 7. The van der Waals surface area contributed by atoms with Crippen LogP contribution in [0.2, 0.25) is 0 Å². The molecule has 2 aromatic rings. The van der Waals surface area contributed by atoms with E-state index in [0.29, 0.717) is 19.1 Å². The number of anilines is 1. The zero-order chi connectivity index (χ0) is 22.7. The molecular weight excluding hydrogens is 404 g/mol. The third-order valence-corrected chi connectivity index (χ3v) is 6.99. The summed E-state index contributed by atoms with van der Waals surface area (Å²) in [5, 5.41) is 2.76. The fourth-order valence-electron chi connectivity index (χ4n) is 5.31. The largest absolute Gasteiger partial charge is 0.497 e. The van der Waals surface area contributed by atoms with Crippen LogP contribution in [-0.4, -0.2) is 49.6 Å². The Balaban J connectivity index is 1.41. The summed E-state index contributed by atoms with van der Waals surface area (Å²) < 4.78 is 11.1. The van der Waals surface area contributed by atoms with E-state index < -0.39 is 0 Å². The lowest BCUT2D eigenvalue weighted by molar-refractivity contribution is -0.153. The van der Waals surface area contributed by atoms with Gasteiger partial charge in [0.15, 0.2) is 0 Å². The van der Waals surface area contributed by atoms with Crippen molar-refractivity contribution in [3.05, 3.63) is 59.7 Å². The van der Waals surface area contributed by atoms with Gasteiger partial charge in [-0.3, -0.25) is 14.5 Å². The Morgan fingerprint density at radius 1 is 1.06 bits per heavy atom. The molecule has 2 aromatic carbocycles. The minimum Gasteiger partial charge on any atom is -0.497 e. The van der Waals surface area contributed by atoms with Crippen molar-refractivity contribution in [3.63, 3.8) is 0 Å². The van der Waals surface area contributed by atoms with Crippen LogP contribution in [0.3, 0.4) is 0 Å². The number of esters is 1. The summed E-state index contributed by atoms with van der Waals surface area (Å²) in [7, 11) is 3.81. The third kappa shape index (κ3) is 4.80. The van der Waals surface area contributed by atoms with Crippen molar-refractivity contribution in [2.24, 2.45) is 5.92 Å². The van der Waals surface area contributed by atoms with Crippen molar-refractivity contribution in [2.45, 2.75) is 50.6 Å². The van der Waals surface area contributed by atoms with Crippen molar-refractivity contribution in [3.8, 4) is 5.75 Å². The van der Waals surface area contributed by atoms with Crippen LogP contribution in [0.5, 0.6) is 5.75 Å². The quantitative estimate of drug-likeness (QED) is 0.665. The molecule has 1 amide bonds. The standard InChI is InChI=1S/C26H32N2O4/c1-17(29)27-20-8-4-18(5-9-20)14-15-32-26(30)25-23(16-21-10-13-24(25)28(21)2)19-6-11-22(31-3)12-7-19/h4-9,11-12,21,23-25H,10,13-16H2,1-3H3,(H,27,29)/t21-,23?,24?,25?/m1/s1. The van der Waals surface area contributed by atoms with Crippen LogP contribution in [0.25, 0.3) is 0 Å². The zero-order valence-corrected chi connectivity index (χ0v) is 19.0. The van der Waals surface area contributed by atoms with Gasteiger partial charge in [-0.2, -0.15) is 0 Å². The van der Waals surface area contributed by atoms with Crippen molar-refractivity contribution in [1.82, 2.24) is 4.90 Å². The number of benzene rings is 2. The van der Waals surface area contributed by atoms with Gasteiger partial charge in [0.2, 0.25) is 5.91 Å². The molecule has 2 aliphatic rings. The Hall–Kier alpha value is -2.86. The molecule has 2 aliphatic heterocycles. The Morgan fingerprint density at radius 2 is 1.78 bits per heavy atom. The number of fused-ring (bicyclic) bond motifs is 2. The molecule has 2 bridgehead atoms. The highest BCUT2D eigenvalue weighted by molar-refractivity contribution is 5.88. The summed E-state index contributed by atoms with van der Waals surface area (Å²) in [5.41, 5.74) is 3.02. The summed E-state index contributed by atoms with van der Waals surface area (Å²) in [5.74, 6) is 0.643. The van der Waals surface area contributed by atoms with Gasteiger partial charge < -0.3 is 14.8 Å². The molecule has 2 heterocycles. The van der Waals surface area contributed by atoms with E-state index in [1.165, 1.54) is 12.5 Å². The number of carbonyl (C=O) groups excluding carboxylic acids is 2. The maximum Gasteiger partial charge on any atom is 0.311 e. The number of amides is 1. The Morgan fingerprint density at radius 3 is 2.44 bits per heavy atom. The first-order valence-corrected chi connectivity index (χ1v) is 11.4. The minimum absolute atomic E-state index is 0.0929. The number of piperidine rings is 1. The van der Waals surface area contributed by atoms with Gasteiger partial charge in [-0.05, 0) is 61.7 Å².